The van der Waals surface area contributed by atoms with Crippen molar-refractivity contribution in [2.24, 2.45) is 0 Å². The van der Waals surface area contributed by atoms with Crippen molar-refractivity contribution in [3.63, 3.8) is 0 Å². The van der Waals surface area contributed by atoms with Gasteiger partial charge in [-0.2, -0.15) is 0 Å². The van der Waals surface area contributed by atoms with Crippen molar-refractivity contribution in [1.29, 1.82) is 0 Å². The van der Waals surface area contributed by atoms with Gasteiger partial charge in [0.1, 0.15) is 0 Å². The van der Waals surface area contributed by atoms with Crippen molar-refractivity contribution in [3.8, 4) is 0 Å². The topological polar surface area (TPSA) is 0 Å². The van der Waals surface area contributed by atoms with E-state index in [0.29, 0.717) is 0 Å². The van der Waals surface area contributed by atoms with Gasteiger partial charge in [0.2, 0.25) is 0 Å². The third kappa shape index (κ3) is 3.99. The van der Waals surface area contributed by atoms with Crippen LogP contribution < -0.4 is 31.4 Å². The average Bonchev–Trinajstić information content (AvgIpc) is 2.67. The predicted octanol–water partition coefficient (Wildman–Crippen LogP) is -2.98. The number of rotatable bonds is 2. The largest absolute Gasteiger partial charge is 1.00 e. The maximum atomic E-state index is 2.43. The average molecular weight is 384 g/mol. The zero-order valence-electron chi connectivity index (χ0n) is 10.4. The molecule has 2 unspecified atom stereocenters. The Hall–Kier alpha value is 1.02. The molecule has 0 radical (unpaired) electrons. The Labute approximate surface area is 131 Å². The van der Waals surface area contributed by atoms with Gasteiger partial charge in [0.25, 0.3) is 0 Å². The van der Waals surface area contributed by atoms with E-state index in [1.165, 1.54) is 0 Å². The van der Waals surface area contributed by atoms with E-state index in [-0.39, 0.29) is 24.8 Å². The second kappa shape index (κ2) is 7.57. The van der Waals surface area contributed by atoms with E-state index in [9.17, 15) is 0 Å². The zero-order valence-corrected chi connectivity index (χ0v) is 16.4. The Morgan fingerprint density at radius 2 is 1.12 bits per heavy atom. The van der Waals surface area contributed by atoms with Crippen LogP contribution in [0.15, 0.2) is 11.6 Å². The molecule has 2 aromatic rings. The first-order chi connectivity index (χ1) is 7.09. The van der Waals surface area contributed by atoms with Crippen LogP contribution in [0.4, 0.5) is 0 Å². The van der Waals surface area contributed by atoms with Crippen LogP contribution in [-0.4, -0.2) is 0 Å². The number of halogens is 2. The van der Waals surface area contributed by atoms with Crippen LogP contribution in [0.3, 0.4) is 0 Å². The van der Waals surface area contributed by atoms with E-state index in [1.54, 1.807) is 28.3 Å². The molecule has 2 atom stereocenters. The molecular weight excluding hydrogens is 368 g/mol. The summed E-state index contributed by atoms with van der Waals surface area (Å²) in [5.41, 5.74) is 3.17. The molecule has 0 saturated heterocycles. The maximum absolute atomic E-state index is 2.43. The first-order valence-corrected chi connectivity index (χ1v) is 9.77. The molecule has 5 heteroatoms. The normalized spacial score (nSPS) is 10.1. The van der Waals surface area contributed by atoms with Gasteiger partial charge in [0.15, 0.2) is 0 Å². The van der Waals surface area contributed by atoms with Crippen LogP contribution in [0.2, 0.25) is 0 Å². The van der Waals surface area contributed by atoms with Gasteiger partial charge in [-0.1, -0.05) is 0 Å². The summed E-state index contributed by atoms with van der Waals surface area (Å²) < 4.78 is 3.54. The predicted molar refractivity (Wildman–Crippen MR) is 70.1 cm³/mol. The number of hydrogen-bond acceptors (Lipinski definition) is 0. The summed E-state index contributed by atoms with van der Waals surface area (Å²) >= 11 is -0.493. The summed E-state index contributed by atoms with van der Waals surface area (Å²) in [7, 11) is 1.94. The second-order valence-electron chi connectivity index (χ2n) is 4.07. The first kappa shape index (κ1) is 18.0. The molecular formula is C12H16Cl2P2Zr. The molecule has 0 amide bonds. The Bertz CT molecular complexity index is 405. The Morgan fingerprint density at radius 3 is 1.35 bits per heavy atom. The molecule has 2 aromatic heterocycles. The van der Waals surface area contributed by atoms with Gasteiger partial charge in [-0.3, -0.25) is 0 Å². The molecule has 0 fully saturated rings. The molecule has 0 aliphatic carbocycles. The fourth-order valence-corrected chi connectivity index (χ4v) is 9.03. The zero-order chi connectivity index (χ0) is 11.0. The molecule has 0 saturated carbocycles. The molecule has 0 aliphatic heterocycles. The molecule has 0 N–H and O–H groups in total. The third-order valence-electron chi connectivity index (χ3n) is 2.80. The maximum Gasteiger partial charge on any atom is -1.00 e. The monoisotopic (exact) mass is 382 g/mol. The summed E-state index contributed by atoms with van der Waals surface area (Å²) in [6.45, 7) is 9.25. The SMILES string of the molecule is Cc1c[pH]c(C)[c]1[Zr+2][c]1c(C)c[pH]c1C.[Cl-].[Cl-]. The van der Waals surface area contributed by atoms with Crippen molar-refractivity contribution in [2.45, 2.75) is 27.7 Å². The fraction of sp³-hybridized carbons (Fsp3) is 0.333. The fourth-order valence-electron chi connectivity index (χ4n) is 1.82. The van der Waals surface area contributed by atoms with E-state index in [2.05, 4.69) is 39.3 Å². The second-order valence-corrected chi connectivity index (χ2v) is 9.80. The summed E-state index contributed by atoms with van der Waals surface area (Å²) in [6.07, 6.45) is 0. The Balaban J connectivity index is 0.00000128. The molecule has 0 nitrogen and oxygen atoms in total. The van der Waals surface area contributed by atoms with Gasteiger partial charge in [-0.05, 0) is 0 Å². The quantitative estimate of drug-likeness (QED) is 0.519. The summed E-state index contributed by atoms with van der Waals surface area (Å²) in [4.78, 5) is 0. The molecule has 2 rings (SSSR count). The van der Waals surface area contributed by atoms with E-state index in [1.807, 2.05) is 0 Å². The van der Waals surface area contributed by atoms with Gasteiger partial charge >= 0.3 is 107 Å². The van der Waals surface area contributed by atoms with Crippen molar-refractivity contribution >= 4 is 22.9 Å². The number of hydrogen-bond donors (Lipinski definition) is 0. The molecule has 17 heavy (non-hydrogen) atoms. The van der Waals surface area contributed by atoms with Gasteiger partial charge in [0.05, 0.1) is 0 Å². The molecule has 0 spiro atoms. The minimum absolute atomic E-state index is 0. The first-order valence-electron chi connectivity index (χ1n) is 5.15. The van der Waals surface area contributed by atoms with Crippen LogP contribution in [0.5, 0.6) is 0 Å². The Morgan fingerprint density at radius 1 is 0.765 bits per heavy atom. The third-order valence-corrected chi connectivity index (χ3v) is 11.6. The van der Waals surface area contributed by atoms with E-state index >= 15 is 0 Å². The Kier molecular flexibility index (Phi) is 8.03. The van der Waals surface area contributed by atoms with Crippen LogP contribution >= 0.6 is 16.4 Å². The van der Waals surface area contributed by atoms with E-state index in [0.717, 1.165) is 16.4 Å². The standard InChI is InChI=1S/2C6H8P.2ClH.Zr/c2*1-5-3-6(2)7-4-5;;;/h2*4,7H,1-2H3;2*1H;/q;;;;+2/p-2. The minimum Gasteiger partial charge on any atom is -1.00 e. The molecule has 2 heterocycles. The smallest absolute Gasteiger partial charge is 1.00 e. The molecule has 0 aromatic carbocycles. The van der Waals surface area contributed by atoms with E-state index < -0.39 is 23.2 Å². The minimum atomic E-state index is -0.493. The van der Waals surface area contributed by atoms with Crippen LogP contribution in [0.25, 0.3) is 0 Å². The molecule has 0 bridgehead atoms. The van der Waals surface area contributed by atoms with Gasteiger partial charge in [0, 0.05) is 0 Å². The van der Waals surface area contributed by atoms with Gasteiger partial charge < -0.3 is 24.8 Å². The summed E-state index contributed by atoms with van der Waals surface area (Å²) in [5, 5.41) is 3.34. The summed E-state index contributed by atoms with van der Waals surface area (Å²) in [5.74, 6) is 4.86. The van der Waals surface area contributed by atoms with Gasteiger partial charge in [-0.25, -0.2) is 0 Å². The number of aryl methyl sites for hydroxylation is 4. The van der Waals surface area contributed by atoms with E-state index in [4.69, 9.17) is 0 Å². The van der Waals surface area contributed by atoms with Gasteiger partial charge in [-0.15, -0.1) is 0 Å². The van der Waals surface area contributed by atoms with Crippen molar-refractivity contribution in [1.82, 2.24) is 0 Å². The van der Waals surface area contributed by atoms with Crippen LogP contribution in [-0.2, 0) is 23.2 Å². The van der Waals surface area contributed by atoms with Crippen LogP contribution in [0, 0.1) is 27.7 Å². The summed E-state index contributed by atoms with van der Waals surface area (Å²) in [6, 6.07) is 0. The van der Waals surface area contributed by atoms with Crippen molar-refractivity contribution < 1.29 is 48.0 Å². The van der Waals surface area contributed by atoms with Crippen LogP contribution in [0.1, 0.15) is 21.7 Å². The van der Waals surface area contributed by atoms with Crippen molar-refractivity contribution in [2.75, 3.05) is 0 Å². The van der Waals surface area contributed by atoms with Crippen molar-refractivity contribution in [3.05, 3.63) is 33.3 Å². The molecule has 92 valence electrons. The molecule has 0 aliphatic rings.